The normalized spacial score (nSPS) is 13.4. The van der Waals surface area contributed by atoms with Crippen LogP contribution in [0.4, 0.5) is 5.69 Å². The van der Waals surface area contributed by atoms with Crippen molar-refractivity contribution in [3.63, 3.8) is 0 Å². The lowest BCUT2D eigenvalue weighted by Crippen LogP contribution is -2.37. The van der Waals surface area contributed by atoms with E-state index in [-0.39, 0.29) is 18.2 Å². The number of carbonyl (C=O) groups is 2. The van der Waals surface area contributed by atoms with Crippen LogP contribution in [0.3, 0.4) is 0 Å². The van der Waals surface area contributed by atoms with Gasteiger partial charge < -0.3 is 10.6 Å². The van der Waals surface area contributed by atoms with Gasteiger partial charge in [0.1, 0.15) is 17.9 Å². The number of amides is 2. The number of nitrogens with one attached hydrogen (secondary N) is 2. The maximum Gasteiger partial charge on any atom is 0.266 e. The van der Waals surface area contributed by atoms with Crippen LogP contribution in [0.25, 0.3) is 0 Å². The van der Waals surface area contributed by atoms with Crippen molar-refractivity contribution < 1.29 is 9.59 Å². The first kappa shape index (κ1) is 17.2. The molecule has 0 radical (unpaired) electrons. The van der Waals surface area contributed by atoms with E-state index in [1.807, 2.05) is 0 Å². The SMILES string of the molecule is Cc1ncc(C(=O)NC2CC2)c(=O)n1CC(=O)Nc1ccccc1Cl. The standard InChI is InChI=1S/C17H17ClN4O3/c1-10-19-8-12(16(24)20-11-6-7-11)17(25)22(10)9-15(23)21-14-5-3-2-4-13(14)18/h2-5,8,11H,6-7,9H2,1H3,(H,20,24)(H,21,23). The van der Waals surface area contributed by atoms with Crippen molar-refractivity contribution in [2.45, 2.75) is 32.4 Å². The number of halogens is 1. The van der Waals surface area contributed by atoms with Gasteiger partial charge in [-0.15, -0.1) is 0 Å². The summed E-state index contributed by atoms with van der Waals surface area (Å²) in [5.74, 6) is -0.539. The van der Waals surface area contributed by atoms with E-state index in [9.17, 15) is 14.4 Å². The second-order valence-electron chi connectivity index (χ2n) is 5.89. The van der Waals surface area contributed by atoms with Crippen LogP contribution >= 0.6 is 11.6 Å². The first-order chi connectivity index (χ1) is 12.0. The molecular weight excluding hydrogens is 344 g/mol. The minimum atomic E-state index is -0.542. The summed E-state index contributed by atoms with van der Waals surface area (Å²) < 4.78 is 1.17. The Balaban J connectivity index is 1.79. The second kappa shape index (κ2) is 7.06. The minimum absolute atomic E-state index is 0.0666. The molecule has 1 aromatic heterocycles. The third-order valence-corrected chi connectivity index (χ3v) is 4.18. The molecule has 0 saturated heterocycles. The summed E-state index contributed by atoms with van der Waals surface area (Å²) in [4.78, 5) is 41.0. The number of para-hydroxylation sites is 1. The van der Waals surface area contributed by atoms with Crippen LogP contribution in [0, 0.1) is 6.92 Å². The highest BCUT2D eigenvalue weighted by Gasteiger charge is 2.26. The quantitative estimate of drug-likeness (QED) is 0.849. The van der Waals surface area contributed by atoms with Crippen LogP contribution in [0.2, 0.25) is 5.02 Å². The van der Waals surface area contributed by atoms with Gasteiger partial charge in [0.15, 0.2) is 0 Å². The number of carbonyl (C=O) groups excluding carboxylic acids is 2. The fourth-order valence-electron chi connectivity index (χ4n) is 2.30. The first-order valence-electron chi connectivity index (χ1n) is 7.87. The van der Waals surface area contributed by atoms with Crippen LogP contribution < -0.4 is 16.2 Å². The van der Waals surface area contributed by atoms with Gasteiger partial charge in [-0.3, -0.25) is 19.0 Å². The van der Waals surface area contributed by atoms with Crippen molar-refractivity contribution in [1.82, 2.24) is 14.9 Å². The molecule has 1 saturated carbocycles. The molecule has 0 spiro atoms. The summed E-state index contributed by atoms with van der Waals surface area (Å²) >= 11 is 6.01. The van der Waals surface area contributed by atoms with Crippen molar-refractivity contribution in [2.24, 2.45) is 0 Å². The van der Waals surface area contributed by atoms with Gasteiger partial charge >= 0.3 is 0 Å². The van der Waals surface area contributed by atoms with Gasteiger partial charge in [0.25, 0.3) is 11.5 Å². The number of rotatable bonds is 5. The van der Waals surface area contributed by atoms with E-state index in [0.29, 0.717) is 16.5 Å². The summed E-state index contributed by atoms with van der Waals surface area (Å²) in [6.45, 7) is 1.35. The van der Waals surface area contributed by atoms with Crippen molar-refractivity contribution in [1.29, 1.82) is 0 Å². The monoisotopic (exact) mass is 360 g/mol. The van der Waals surface area contributed by atoms with E-state index < -0.39 is 17.4 Å². The number of nitrogens with zero attached hydrogens (tertiary/aromatic N) is 2. The summed E-state index contributed by atoms with van der Waals surface area (Å²) in [6.07, 6.45) is 3.08. The van der Waals surface area contributed by atoms with E-state index in [1.54, 1.807) is 31.2 Å². The van der Waals surface area contributed by atoms with Gasteiger partial charge in [0.2, 0.25) is 5.91 Å². The minimum Gasteiger partial charge on any atom is -0.349 e. The zero-order chi connectivity index (χ0) is 18.0. The Morgan fingerprint density at radius 2 is 2.04 bits per heavy atom. The van der Waals surface area contributed by atoms with Crippen LogP contribution in [0.15, 0.2) is 35.3 Å². The molecule has 0 aliphatic heterocycles. The van der Waals surface area contributed by atoms with Crippen LogP contribution in [-0.4, -0.2) is 27.4 Å². The molecule has 7 nitrogen and oxygen atoms in total. The molecule has 1 aliphatic carbocycles. The second-order valence-corrected chi connectivity index (χ2v) is 6.29. The number of anilines is 1. The van der Waals surface area contributed by atoms with Crippen LogP contribution in [0.5, 0.6) is 0 Å². The van der Waals surface area contributed by atoms with E-state index in [1.165, 1.54) is 10.8 Å². The van der Waals surface area contributed by atoms with E-state index in [2.05, 4.69) is 15.6 Å². The smallest absolute Gasteiger partial charge is 0.266 e. The largest absolute Gasteiger partial charge is 0.349 e. The first-order valence-corrected chi connectivity index (χ1v) is 8.25. The molecule has 2 aromatic rings. The lowest BCUT2D eigenvalue weighted by molar-refractivity contribution is -0.116. The van der Waals surface area contributed by atoms with Gasteiger partial charge in [0, 0.05) is 12.2 Å². The fraction of sp³-hybridized carbons (Fsp3) is 0.294. The molecule has 0 bridgehead atoms. The Morgan fingerprint density at radius 3 is 2.72 bits per heavy atom. The lowest BCUT2D eigenvalue weighted by Gasteiger charge is -2.12. The Labute approximate surface area is 149 Å². The van der Waals surface area contributed by atoms with Gasteiger partial charge in [0.05, 0.1) is 10.7 Å². The van der Waals surface area contributed by atoms with Crippen molar-refractivity contribution in [2.75, 3.05) is 5.32 Å². The number of aryl methyl sites for hydroxylation is 1. The zero-order valence-electron chi connectivity index (χ0n) is 13.6. The highest BCUT2D eigenvalue weighted by Crippen LogP contribution is 2.20. The third-order valence-electron chi connectivity index (χ3n) is 3.85. The van der Waals surface area contributed by atoms with Gasteiger partial charge in [-0.2, -0.15) is 0 Å². The molecule has 2 amide bonds. The number of aromatic nitrogens is 2. The van der Waals surface area contributed by atoms with Crippen LogP contribution in [0.1, 0.15) is 29.0 Å². The molecule has 1 fully saturated rings. The van der Waals surface area contributed by atoms with Crippen molar-refractivity contribution >= 4 is 29.1 Å². The maximum atomic E-state index is 12.5. The molecule has 3 rings (SSSR count). The topological polar surface area (TPSA) is 93.1 Å². The molecule has 1 heterocycles. The third kappa shape index (κ3) is 4.06. The Bertz CT molecular complexity index is 890. The Morgan fingerprint density at radius 1 is 1.32 bits per heavy atom. The molecule has 0 atom stereocenters. The Hall–Kier alpha value is -2.67. The van der Waals surface area contributed by atoms with E-state index in [0.717, 1.165) is 12.8 Å². The highest BCUT2D eigenvalue weighted by atomic mass is 35.5. The van der Waals surface area contributed by atoms with Crippen molar-refractivity contribution in [3.8, 4) is 0 Å². The lowest BCUT2D eigenvalue weighted by atomic mass is 10.3. The maximum absolute atomic E-state index is 12.5. The molecule has 130 valence electrons. The number of hydrogen-bond donors (Lipinski definition) is 2. The summed E-state index contributed by atoms with van der Waals surface area (Å²) in [5.41, 5.74) is -0.154. The molecule has 2 N–H and O–H groups in total. The molecule has 0 unspecified atom stereocenters. The van der Waals surface area contributed by atoms with E-state index >= 15 is 0 Å². The fourth-order valence-corrected chi connectivity index (χ4v) is 2.49. The molecule has 8 heteroatoms. The summed E-state index contributed by atoms with van der Waals surface area (Å²) in [7, 11) is 0. The number of hydrogen-bond acceptors (Lipinski definition) is 4. The van der Waals surface area contributed by atoms with Crippen LogP contribution in [-0.2, 0) is 11.3 Å². The molecular formula is C17H17ClN4O3. The van der Waals surface area contributed by atoms with Gasteiger partial charge in [-0.1, -0.05) is 23.7 Å². The van der Waals surface area contributed by atoms with E-state index in [4.69, 9.17) is 11.6 Å². The molecule has 25 heavy (non-hydrogen) atoms. The zero-order valence-corrected chi connectivity index (χ0v) is 14.3. The number of benzene rings is 1. The predicted molar refractivity (Wildman–Crippen MR) is 93.8 cm³/mol. The predicted octanol–water partition coefficient (Wildman–Crippen LogP) is 1.74. The van der Waals surface area contributed by atoms with Gasteiger partial charge in [-0.05, 0) is 31.9 Å². The molecule has 1 aliphatic rings. The van der Waals surface area contributed by atoms with Crippen molar-refractivity contribution in [3.05, 3.63) is 57.2 Å². The average molecular weight is 361 g/mol. The average Bonchev–Trinajstić information content (AvgIpc) is 3.37. The van der Waals surface area contributed by atoms with Gasteiger partial charge in [-0.25, -0.2) is 4.98 Å². The Kier molecular flexibility index (Phi) is 4.85. The summed E-state index contributed by atoms with van der Waals surface area (Å²) in [5, 5.41) is 5.79. The summed E-state index contributed by atoms with van der Waals surface area (Å²) in [6, 6.07) is 6.93. The highest BCUT2D eigenvalue weighted by molar-refractivity contribution is 6.33. The molecule has 1 aromatic carbocycles.